The first kappa shape index (κ1) is 12.6. The fourth-order valence-electron chi connectivity index (χ4n) is 3.17. The number of aromatic amines is 1. The van der Waals surface area contributed by atoms with Crippen LogP contribution in [0.2, 0.25) is 0 Å². The number of ether oxygens (including phenoxy) is 2. The molecule has 1 saturated heterocycles. The summed E-state index contributed by atoms with van der Waals surface area (Å²) in [5.74, 6) is -0.337. The lowest BCUT2D eigenvalue weighted by atomic mass is 9.90. The van der Waals surface area contributed by atoms with Crippen LogP contribution in [0.5, 0.6) is 0 Å². The van der Waals surface area contributed by atoms with E-state index in [1.54, 1.807) is 0 Å². The zero-order valence-electron chi connectivity index (χ0n) is 11.1. The van der Waals surface area contributed by atoms with E-state index in [9.17, 15) is 0 Å². The van der Waals surface area contributed by atoms with Gasteiger partial charge in [-0.2, -0.15) is 0 Å². The third-order valence-corrected chi connectivity index (χ3v) is 4.73. The fraction of sp³-hybridized carbons (Fsp3) is 0.375. The Morgan fingerprint density at radius 2 is 2.05 bits per heavy atom. The summed E-state index contributed by atoms with van der Waals surface area (Å²) in [4.78, 5) is 3.35. The average molecular weight is 334 g/mol. The molecule has 1 aromatic heterocycles. The predicted octanol–water partition coefficient (Wildman–Crippen LogP) is 4.24. The maximum absolute atomic E-state index is 5.77. The van der Waals surface area contributed by atoms with E-state index in [2.05, 4.69) is 51.4 Å². The third kappa shape index (κ3) is 2.03. The minimum atomic E-state index is -0.337. The molecule has 0 radical (unpaired) electrons. The summed E-state index contributed by atoms with van der Waals surface area (Å²) >= 11 is 3.55. The van der Waals surface area contributed by atoms with Gasteiger partial charge < -0.3 is 14.5 Å². The molecule has 1 spiro atoms. The van der Waals surface area contributed by atoms with Crippen molar-refractivity contribution in [1.29, 1.82) is 0 Å². The molecule has 1 N–H and O–H groups in total. The van der Waals surface area contributed by atoms with Crippen molar-refractivity contribution in [2.24, 2.45) is 0 Å². The highest BCUT2D eigenvalue weighted by Crippen LogP contribution is 2.40. The third-order valence-electron chi connectivity index (χ3n) is 4.24. The van der Waals surface area contributed by atoms with Crippen LogP contribution in [0, 0.1) is 0 Å². The molecule has 104 valence electrons. The number of halogens is 1. The molecule has 1 aliphatic heterocycles. The second-order valence-corrected chi connectivity index (χ2v) is 6.35. The first-order valence-electron chi connectivity index (χ1n) is 7.00. The summed E-state index contributed by atoms with van der Waals surface area (Å²) in [5.41, 5.74) is 3.87. The molecular weight excluding hydrogens is 318 g/mol. The Labute approximate surface area is 126 Å². The van der Waals surface area contributed by atoms with Crippen LogP contribution in [0.4, 0.5) is 0 Å². The van der Waals surface area contributed by atoms with E-state index in [0.717, 1.165) is 36.9 Å². The Morgan fingerprint density at radius 3 is 2.80 bits per heavy atom. The lowest BCUT2D eigenvalue weighted by molar-refractivity contribution is -0.159. The summed E-state index contributed by atoms with van der Waals surface area (Å²) in [6, 6.07) is 6.35. The van der Waals surface area contributed by atoms with Crippen LogP contribution in [0.3, 0.4) is 0 Å². The van der Waals surface area contributed by atoms with E-state index in [-0.39, 0.29) is 5.79 Å². The molecule has 4 heteroatoms. The van der Waals surface area contributed by atoms with Gasteiger partial charge in [0, 0.05) is 40.0 Å². The molecule has 2 aromatic rings. The Bertz CT molecular complexity index is 683. The highest BCUT2D eigenvalue weighted by molar-refractivity contribution is 9.10. The second-order valence-electron chi connectivity index (χ2n) is 5.43. The number of benzene rings is 1. The van der Waals surface area contributed by atoms with Gasteiger partial charge in [-0.25, -0.2) is 0 Å². The lowest BCUT2D eigenvalue weighted by Gasteiger charge is -2.30. The zero-order valence-corrected chi connectivity index (χ0v) is 12.7. The molecule has 2 heterocycles. The van der Waals surface area contributed by atoms with Crippen LogP contribution in [0.25, 0.3) is 16.5 Å². The molecule has 1 aliphatic carbocycles. The summed E-state index contributed by atoms with van der Waals surface area (Å²) in [7, 11) is 0. The van der Waals surface area contributed by atoms with Gasteiger partial charge in [-0.05, 0) is 30.2 Å². The molecule has 20 heavy (non-hydrogen) atoms. The molecule has 1 fully saturated rings. The van der Waals surface area contributed by atoms with E-state index in [0.29, 0.717) is 0 Å². The van der Waals surface area contributed by atoms with E-state index >= 15 is 0 Å². The van der Waals surface area contributed by atoms with Crippen molar-refractivity contribution in [1.82, 2.24) is 4.98 Å². The van der Waals surface area contributed by atoms with Crippen molar-refractivity contribution in [3.63, 3.8) is 0 Å². The molecule has 3 nitrogen and oxygen atoms in total. The minimum absolute atomic E-state index is 0.337. The van der Waals surface area contributed by atoms with Gasteiger partial charge in [0.25, 0.3) is 0 Å². The smallest absolute Gasteiger partial charge is 0.172 e. The van der Waals surface area contributed by atoms with E-state index in [1.807, 2.05) is 0 Å². The number of nitrogens with one attached hydrogen (secondary N) is 1. The quantitative estimate of drug-likeness (QED) is 0.846. The Balaban J connectivity index is 1.70. The molecular formula is C16H16BrNO2. The first-order chi connectivity index (χ1) is 9.76. The second kappa shape index (κ2) is 4.72. The first-order valence-corrected chi connectivity index (χ1v) is 7.79. The Morgan fingerprint density at radius 1 is 1.20 bits per heavy atom. The maximum atomic E-state index is 5.77. The minimum Gasteiger partial charge on any atom is -0.361 e. The van der Waals surface area contributed by atoms with E-state index in [4.69, 9.17) is 9.47 Å². The molecule has 0 saturated carbocycles. The molecule has 0 amide bonds. The fourth-order valence-corrected chi connectivity index (χ4v) is 3.53. The SMILES string of the molecule is Brc1ccc2[nH]cc(C3=CCC4(CC3)OCCO4)c2c1. The highest BCUT2D eigenvalue weighted by atomic mass is 79.9. The van der Waals surface area contributed by atoms with Crippen LogP contribution >= 0.6 is 15.9 Å². The Hall–Kier alpha value is -1.10. The Kier molecular flexibility index (Phi) is 2.98. The number of rotatable bonds is 1. The van der Waals surface area contributed by atoms with Crippen molar-refractivity contribution in [3.05, 3.63) is 40.5 Å². The van der Waals surface area contributed by atoms with Crippen LogP contribution in [0.15, 0.2) is 34.9 Å². The molecule has 0 unspecified atom stereocenters. The number of hydrogen-bond acceptors (Lipinski definition) is 2. The van der Waals surface area contributed by atoms with Crippen molar-refractivity contribution in [3.8, 4) is 0 Å². The normalized spacial score (nSPS) is 21.6. The number of aromatic nitrogens is 1. The van der Waals surface area contributed by atoms with Gasteiger partial charge >= 0.3 is 0 Å². The van der Waals surface area contributed by atoms with Crippen molar-refractivity contribution in [2.45, 2.75) is 25.0 Å². The van der Waals surface area contributed by atoms with Crippen LogP contribution < -0.4 is 0 Å². The number of H-pyrrole nitrogens is 1. The van der Waals surface area contributed by atoms with Crippen LogP contribution in [-0.4, -0.2) is 24.0 Å². The number of allylic oxidation sites excluding steroid dienone is 1. The van der Waals surface area contributed by atoms with E-state index < -0.39 is 0 Å². The topological polar surface area (TPSA) is 34.2 Å². The van der Waals surface area contributed by atoms with Crippen LogP contribution in [0.1, 0.15) is 24.8 Å². The number of fused-ring (bicyclic) bond motifs is 1. The predicted molar refractivity (Wildman–Crippen MR) is 82.5 cm³/mol. The summed E-state index contributed by atoms with van der Waals surface area (Å²) in [5, 5.41) is 1.27. The maximum Gasteiger partial charge on any atom is 0.172 e. The van der Waals surface area contributed by atoms with Crippen molar-refractivity contribution in [2.75, 3.05) is 13.2 Å². The van der Waals surface area contributed by atoms with Gasteiger partial charge in [-0.3, -0.25) is 0 Å². The summed E-state index contributed by atoms with van der Waals surface area (Å²) in [6.07, 6.45) is 7.18. The molecule has 4 rings (SSSR count). The molecule has 2 aliphatic rings. The highest BCUT2D eigenvalue weighted by Gasteiger charge is 2.37. The van der Waals surface area contributed by atoms with Gasteiger partial charge in [0.15, 0.2) is 5.79 Å². The summed E-state index contributed by atoms with van der Waals surface area (Å²) < 4.78 is 12.7. The number of hydrogen-bond donors (Lipinski definition) is 1. The summed E-state index contributed by atoms with van der Waals surface area (Å²) in [6.45, 7) is 1.45. The van der Waals surface area contributed by atoms with Gasteiger partial charge in [-0.1, -0.05) is 22.0 Å². The largest absolute Gasteiger partial charge is 0.361 e. The van der Waals surface area contributed by atoms with Crippen molar-refractivity contribution < 1.29 is 9.47 Å². The molecule has 0 bridgehead atoms. The van der Waals surface area contributed by atoms with Crippen molar-refractivity contribution >= 4 is 32.4 Å². The van der Waals surface area contributed by atoms with Gasteiger partial charge in [0.1, 0.15) is 0 Å². The molecule has 1 aromatic carbocycles. The van der Waals surface area contributed by atoms with E-state index in [1.165, 1.54) is 22.0 Å². The zero-order chi connectivity index (χ0) is 13.6. The lowest BCUT2D eigenvalue weighted by Crippen LogP contribution is -2.31. The average Bonchev–Trinajstić information content (AvgIpc) is 3.07. The van der Waals surface area contributed by atoms with Gasteiger partial charge in [-0.15, -0.1) is 0 Å². The monoisotopic (exact) mass is 333 g/mol. The molecule has 0 atom stereocenters. The van der Waals surface area contributed by atoms with Crippen LogP contribution in [-0.2, 0) is 9.47 Å². The standard InChI is InChI=1S/C16H16BrNO2/c17-12-1-2-15-13(9-12)14(10-18-15)11-3-5-16(6-4-11)19-7-8-20-16/h1-3,9-10,18H,4-8H2. The van der Waals surface area contributed by atoms with Gasteiger partial charge in [0.2, 0.25) is 0 Å². The van der Waals surface area contributed by atoms with Gasteiger partial charge in [0.05, 0.1) is 13.2 Å².